The molecule has 0 fully saturated rings. The Kier molecular flexibility index (Phi) is 16.7. The van der Waals surface area contributed by atoms with Crippen molar-refractivity contribution in [2.24, 2.45) is 9.98 Å². The summed E-state index contributed by atoms with van der Waals surface area (Å²) >= 11 is 0. The van der Waals surface area contributed by atoms with Crippen molar-refractivity contribution in [2.75, 3.05) is 47.5 Å². The van der Waals surface area contributed by atoms with Crippen LogP contribution in [0, 0.1) is 0 Å². The Bertz CT molecular complexity index is 764. The van der Waals surface area contributed by atoms with Crippen LogP contribution in [0.25, 0.3) is 0 Å². The third-order valence-electron chi connectivity index (χ3n) is 4.20. The summed E-state index contributed by atoms with van der Waals surface area (Å²) in [5.74, 6) is 0.373. The number of aliphatic hydroxyl groups excluding tert-OH is 1. The molecule has 0 aliphatic carbocycles. The van der Waals surface area contributed by atoms with E-state index in [9.17, 15) is 10.2 Å². The average molecular weight is 495 g/mol. The molecule has 0 radical (unpaired) electrons. The van der Waals surface area contributed by atoms with Gasteiger partial charge in [-0.25, -0.2) is 0 Å². The normalized spacial score (nSPS) is 10.5. The predicted octanol–water partition coefficient (Wildman–Crippen LogP) is 1.36. The molecule has 0 aromatic heterocycles. The summed E-state index contributed by atoms with van der Waals surface area (Å²) in [4.78, 5) is 8.59. The van der Waals surface area contributed by atoms with Crippen LogP contribution in [0.15, 0.2) is 46.4 Å². The van der Waals surface area contributed by atoms with Gasteiger partial charge in [0.05, 0.1) is 14.2 Å². The molecule has 0 saturated heterocycles. The third kappa shape index (κ3) is 10.2. The number of hydrogen-bond acceptors (Lipinski definition) is 8. The minimum atomic E-state index is -0.143. The summed E-state index contributed by atoms with van der Waals surface area (Å²) in [5, 5.41) is 34.3. The van der Waals surface area contributed by atoms with Crippen LogP contribution in [0.3, 0.4) is 0 Å². The molecule has 0 bridgehead atoms. The topological polar surface area (TPSA) is 122 Å². The zero-order chi connectivity index (χ0) is 22.9. The van der Waals surface area contributed by atoms with E-state index in [1.54, 1.807) is 48.8 Å². The number of para-hydroxylation sites is 2. The first kappa shape index (κ1) is 29.5. The SMILES string of the molecule is CO.COc1cccc(C=NCCCNCCCN=Cc2cccc(OC)c2[O-])c1[O-].[Zn+2]. The zero-order valence-corrected chi connectivity index (χ0v) is 22.0. The molecule has 32 heavy (non-hydrogen) atoms. The maximum Gasteiger partial charge on any atom is 2.00 e. The van der Waals surface area contributed by atoms with Crippen LogP contribution in [0.5, 0.6) is 23.0 Å². The first-order valence-corrected chi connectivity index (χ1v) is 10.0. The number of aliphatic imine (C=N–C) groups is 2. The quantitative estimate of drug-likeness (QED) is 0.261. The van der Waals surface area contributed by atoms with E-state index in [1.165, 1.54) is 14.2 Å². The van der Waals surface area contributed by atoms with E-state index in [-0.39, 0.29) is 31.0 Å². The fourth-order valence-corrected chi connectivity index (χ4v) is 2.63. The molecule has 2 aromatic carbocycles. The molecule has 0 atom stereocenters. The van der Waals surface area contributed by atoms with Crippen LogP contribution in [0.1, 0.15) is 24.0 Å². The van der Waals surface area contributed by atoms with E-state index in [1.807, 2.05) is 0 Å². The Morgan fingerprint density at radius 3 is 1.59 bits per heavy atom. The molecular formula is C23H31N3O5Zn. The molecule has 0 unspecified atom stereocenters. The fraction of sp³-hybridized carbons (Fsp3) is 0.391. The molecule has 0 aliphatic rings. The molecule has 170 valence electrons. The van der Waals surface area contributed by atoms with Crippen molar-refractivity contribution in [3.63, 3.8) is 0 Å². The van der Waals surface area contributed by atoms with Crippen molar-refractivity contribution in [3.05, 3.63) is 47.5 Å². The number of nitrogens with one attached hydrogen (secondary N) is 1. The van der Waals surface area contributed by atoms with Crippen LogP contribution in [-0.2, 0) is 19.5 Å². The molecule has 0 saturated carbocycles. The first-order valence-electron chi connectivity index (χ1n) is 10.0. The Morgan fingerprint density at radius 1 is 0.812 bits per heavy atom. The monoisotopic (exact) mass is 493 g/mol. The van der Waals surface area contributed by atoms with Gasteiger partial charge in [0, 0.05) is 32.6 Å². The minimum absolute atomic E-state index is 0. The van der Waals surface area contributed by atoms with E-state index >= 15 is 0 Å². The fourth-order valence-electron chi connectivity index (χ4n) is 2.63. The van der Waals surface area contributed by atoms with E-state index in [0.29, 0.717) is 35.7 Å². The van der Waals surface area contributed by atoms with E-state index in [0.717, 1.165) is 33.0 Å². The van der Waals surface area contributed by atoms with Gasteiger partial charge in [-0.1, -0.05) is 35.8 Å². The molecular weight excluding hydrogens is 464 g/mol. The maximum absolute atomic E-state index is 12.0. The largest absolute Gasteiger partial charge is 2.00 e. The standard InChI is InChI=1S/C22H29N3O4.CH4O.Zn/c1-28-19-9-3-7-17(21(19)26)15-24-13-5-11-23-12-6-14-25-16-18-8-4-10-20(29-2)22(18)27;1-2;/h3-4,7-10,15-16,23,26-27H,5-6,11-14H2,1-2H3;2H,1H3;/q;;+2/p-2. The van der Waals surface area contributed by atoms with Gasteiger partial charge < -0.3 is 30.1 Å². The smallest absolute Gasteiger partial charge is 0.870 e. The zero-order valence-electron chi connectivity index (χ0n) is 19.0. The van der Waals surface area contributed by atoms with Gasteiger partial charge in [0.25, 0.3) is 0 Å². The number of nitrogens with zero attached hydrogens (tertiary/aromatic N) is 2. The minimum Gasteiger partial charge on any atom is -0.870 e. The van der Waals surface area contributed by atoms with Gasteiger partial charge in [-0.3, -0.25) is 9.98 Å². The molecule has 2 N–H and O–H groups in total. The molecule has 2 rings (SSSR count). The summed E-state index contributed by atoms with van der Waals surface area (Å²) in [6.07, 6.45) is 4.95. The van der Waals surface area contributed by atoms with Gasteiger partial charge in [0.15, 0.2) is 0 Å². The van der Waals surface area contributed by atoms with E-state index in [2.05, 4.69) is 15.3 Å². The number of ether oxygens (including phenoxy) is 2. The van der Waals surface area contributed by atoms with Gasteiger partial charge in [-0.15, -0.1) is 0 Å². The summed E-state index contributed by atoms with van der Waals surface area (Å²) in [6.45, 7) is 2.96. The second kappa shape index (κ2) is 18.1. The van der Waals surface area contributed by atoms with Gasteiger partial charge >= 0.3 is 19.5 Å². The Balaban J connectivity index is 0.00000311. The molecule has 2 aromatic rings. The van der Waals surface area contributed by atoms with Crippen LogP contribution in [-0.4, -0.2) is 65.0 Å². The number of methoxy groups -OCH3 is 2. The molecule has 0 amide bonds. The van der Waals surface area contributed by atoms with Crippen molar-refractivity contribution < 1.29 is 44.3 Å². The van der Waals surface area contributed by atoms with Gasteiger partial charge in [-0.05, 0) is 49.2 Å². The summed E-state index contributed by atoms with van der Waals surface area (Å²) in [5.41, 5.74) is 1.07. The molecule has 0 heterocycles. The molecule has 0 aliphatic heterocycles. The second-order valence-corrected chi connectivity index (χ2v) is 6.28. The van der Waals surface area contributed by atoms with Crippen LogP contribution in [0.2, 0.25) is 0 Å². The van der Waals surface area contributed by atoms with Crippen molar-refractivity contribution in [1.29, 1.82) is 0 Å². The summed E-state index contributed by atoms with van der Waals surface area (Å²) in [7, 11) is 3.96. The number of hydrogen-bond donors (Lipinski definition) is 2. The van der Waals surface area contributed by atoms with Crippen LogP contribution < -0.4 is 25.0 Å². The number of rotatable bonds is 12. The summed E-state index contributed by atoms with van der Waals surface area (Å²) < 4.78 is 10.0. The first-order chi connectivity index (χ1) is 15.2. The van der Waals surface area contributed by atoms with E-state index < -0.39 is 0 Å². The molecule has 9 heteroatoms. The Hall–Kier alpha value is -2.48. The van der Waals surface area contributed by atoms with Crippen LogP contribution in [0.4, 0.5) is 0 Å². The van der Waals surface area contributed by atoms with Crippen molar-refractivity contribution in [3.8, 4) is 23.0 Å². The Morgan fingerprint density at radius 2 is 1.22 bits per heavy atom. The van der Waals surface area contributed by atoms with Gasteiger partial charge in [-0.2, -0.15) is 0 Å². The van der Waals surface area contributed by atoms with Crippen molar-refractivity contribution >= 4 is 12.4 Å². The Labute approximate surface area is 202 Å². The third-order valence-corrected chi connectivity index (χ3v) is 4.20. The average Bonchev–Trinajstić information content (AvgIpc) is 2.80. The molecule has 0 spiro atoms. The van der Waals surface area contributed by atoms with Gasteiger partial charge in [0.1, 0.15) is 11.5 Å². The van der Waals surface area contributed by atoms with Crippen molar-refractivity contribution in [2.45, 2.75) is 12.8 Å². The second-order valence-electron chi connectivity index (χ2n) is 6.28. The van der Waals surface area contributed by atoms with Crippen LogP contribution >= 0.6 is 0 Å². The number of benzene rings is 2. The van der Waals surface area contributed by atoms with E-state index in [4.69, 9.17) is 14.6 Å². The predicted molar refractivity (Wildman–Crippen MR) is 120 cm³/mol. The van der Waals surface area contributed by atoms with Gasteiger partial charge in [0.2, 0.25) is 0 Å². The van der Waals surface area contributed by atoms with Crippen molar-refractivity contribution in [1.82, 2.24) is 5.32 Å². The maximum atomic E-state index is 12.0. The number of aliphatic hydroxyl groups is 1. The molecule has 8 nitrogen and oxygen atoms in total. The summed E-state index contributed by atoms with van der Waals surface area (Å²) in [6, 6.07) is 10.3.